The molecule has 0 bridgehead atoms. The summed E-state index contributed by atoms with van der Waals surface area (Å²) in [6.07, 6.45) is -1.70. The van der Waals surface area contributed by atoms with Gasteiger partial charge in [-0.15, -0.1) is 0 Å². The number of carboxylic acids is 1. The summed E-state index contributed by atoms with van der Waals surface area (Å²) in [4.78, 5) is 12.2. The Hall–Kier alpha value is -1.69. The normalized spacial score (nSPS) is 11.0. The number of nitrogens with zero attached hydrogens (tertiary/aromatic N) is 1. The fourth-order valence-electron chi connectivity index (χ4n) is 1.55. The van der Waals surface area contributed by atoms with Crippen LogP contribution < -0.4 is 4.74 Å². The zero-order valence-corrected chi connectivity index (χ0v) is 10.7. The maximum atomic E-state index is 12.0. The lowest BCUT2D eigenvalue weighted by Gasteiger charge is -2.15. The Morgan fingerprint density at radius 3 is 2.53 bits per heavy atom. The first-order valence-corrected chi connectivity index (χ1v) is 5.92. The van der Waals surface area contributed by atoms with Crippen LogP contribution in [0.1, 0.15) is 16.8 Å². The molecule has 0 spiro atoms. The minimum absolute atomic E-state index is 0.198. The van der Waals surface area contributed by atoms with Crippen molar-refractivity contribution in [1.82, 2.24) is 4.90 Å². The summed E-state index contributed by atoms with van der Waals surface area (Å²) >= 11 is 0. The van der Waals surface area contributed by atoms with Gasteiger partial charge >= 0.3 is 5.97 Å². The first-order valence-electron chi connectivity index (χ1n) is 5.92. The highest BCUT2D eigenvalue weighted by atomic mass is 19.3. The zero-order chi connectivity index (χ0) is 14.3. The molecule has 0 aliphatic rings. The van der Waals surface area contributed by atoms with E-state index < -0.39 is 12.4 Å². The van der Waals surface area contributed by atoms with Crippen molar-refractivity contribution in [2.24, 2.45) is 0 Å². The zero-order valence-electron chi connectivity index (χ0n) is 10.7. The molecule has 0 saturated carbocycles. The number of halogens is 2. The summed E-state index contributed by atoms with van der Waals surface area (Å²) in [7, 11) is 1.63. The van der Waals surface area contributed by atoms with Gasteiger partial charge in [-0.1, -0.05) is 0 Å². The van der Waals surface area contributed by atoms with Crippen LogP contribution in [-0.4, -0.2) is 49.1 Å². The molecule has 0 atom stereocenters. The molecule has 0 fully saturated rings. The van der Waals surface area contributed by atoms with E-state index in [-0.39, 0.29) is 12.1 Å². The number of hydrogen-bond donors (Lipinski definition) is 1. The van der Waals surface area contributed by atoms with E-state index in [1.54, 1.807) is 24.1 Å². The highest BCUT2D eigenvalue weighted by molar-refractivity contribution is 5.87. The lowest BCUT2D eigenvalue weighted by atomic mass is 10.2. The monoisotopic (exact) mass is 273 g/mol. The number of aromatic carboxylic acids is 1. The Bertz CT molecular complexity index is 395. The van der Waals surface area contributed by atoms with Crippen molar-refractivity contribution < 1.29 is 23.4 Å². The number of hydrogen-bond acceptors (Lipinski definition) is 3. The smallest absolute Gasteiger partial charge is 0.335 e. The van der Waals surface area contributed by atoms with Crippen LogP contribution in [0.2, 0.25) is 0 Å². The Kier molecular flexibility index (Phi) is 6.21. The second kappa shape index (κ2) is 7.68. The Morgan fingerprint density at radius 1 is 1.37 bits per heavy atom. The average molecular weight is 273 g/mol. The molecule has 0 aromatic heterocycles. The maximum absolute atomic E-state index is 12.0. The molecule has 1 N–H and O–H groups in total. The molecule has 4 nitrogen and oxygen atoms in total. The molecule has 0 amide bonds. The van der Waals surface area contributed by atoms with E-state index in [2.05, 4.69) is 0 Å². The first-order chi connectivity index (χ1) is 8.99. The molecule has 1 aromatic carbocycles. The van der Waals surface area contributed by atoms with Gasteiger partial charge in [-0.05, 0) is 37.7 Å². The molecule has 1 aromatic rings. The van der Waals surface area contributed by atoms with Crippen molar-refractivity contribution in [2.45, 2.75) is 12.8 Å². The first kappa shape index (κ1) is 15.4. The fraction of sp³-hybridized carbons (Fsp3) is 0.462. The Labute approximate surface area is 110 Å². The largest absolute Gasteiger partial charge is 0.494 e. The molecular weight excluding hydrogens is 256 g/mol. The van der Waals surface area contributed by atoms with E-state index in [0.717, 1.165) is 0 Å². The quantitative estimate of drug-likeness (QED) is 0.739. The summed E-state index contributed by atoms with van der Waals surface area (Å²) < 4.78 is 29.5. The summed E-state index contributed by atoms with van der Waals surface area (Å²) in [6.45, 7) is 0.685. The summed E-state index contributed by atoms with van der Waals surface area (Å²) in [6, 6.07) is 6.07. The number of carboxylic acid groups (broad SMARTS) is 1. The lowest BCUT2D eigenvalue weighted by molar-refractivity contribution is 0.0696. The number of ether oxygens (including phenoxy) is 1. The van der Waals surface area contributed by atoms with Crippen molar-refractivity contribution >= 4 is 5.97 Å². The van der Waals surface area contributed by atoms with Crippen molar-refractivity contribution in [1.29, 1.82) is 0 Å². The van der Waals surface area contributed by atoms with E-state index >= 15 is 0 Å². The standard InChI is InChI=1S/C13H17F2NO3/c1-16(9-12(14)15)7-2-8-19-11-5-3-10(4-6-11)13(17)18/h3-6,12H,2,7-9H2,1H3,(H,17,18). The van der Waals surface area contributed by atoms with E-state index in [1.165, 1.54) is 12.1 Å². The van der Waals surface area contributed by atoms with Gasteiger partial charge in [0.15, 0.2) is 0 Å². The van der Waals surface area contributed by atoms with Crippen LogP contribution in [0.15, 0.2) is 24.3 Å². The number of alkyl halides is 2. The molecule has 6 heteroatoms. The van der Waals surface area contributed by atoms with E-state index in [0.29, 0.717) is 25.3 Å². The predicted octanol–water partition coefficient (Wildman–Crippen LogP) is 2.35. The van der Waals surface area contributed by atoms with Crippen molar-refractivity contribution in [3.8, 4) is 5.75 Å². The van der Waals surface area contributed by atoms with Crippen LogP contribution in [0.3, 0.4) is 0 Å². The van der Waals surface area contributed by atoms with Crippen LogP contribution in [0.25, 0.3) is 0 Å². The van der Waals surface area contributed by atoms with Gasteiger partial charge in [-0.3, -0.25) is 0 Å². The molecule has 0 heterocycles. The minimum Gasteiger partial charge on any atom is -0.494 e. The number of carbonyl (C=O) groups is 1. The Balaban J connectivity index is 2.24. The second-order valence-corrected chi connectivity index (χ2v) is 4.18. The molecule has 106 valence electrons. The van der Waals surface area contributed by atoms with Crippen LogP contribution in [-0.2, 0) is 0 Å². The van der Waals surface area contributed by atoms with Gasteiger partial charge in [0.25, 0.3) is 6.43 Å². The molecule has 0 aliphatic heterocycles. The third-order valence-corrected chi connectivity index (χ3v) is 2.50. The lowest BCUT2D eigenvalue weighted by Crippen LogP contribution is -2.26. The van der Waals surface area contributed by atoms with Crippen molar-refractivity contribution in [3.05, 3.63) is 29.8 Å². The fourth-order valence-corrected chi connectivity index (χ4v) is 1.55. The van der Waals surface area contributed by atoms with Gasteiger partial charge in [-0.25, -0.2) is 13.6 Å². The van der Waals surface area contributed by atoms with E-state index in [1.807, 2.05) is 0 Å². The predicted molar refractivity (Wildman–Crippen MR) is 67.0 cm³/mol. The highest BCUT2D eigenvalue weighted by Gasteiger charge is 2.07. The van der Waals surface area contributed by atoms with E-state index in [4.69, 9.17) is 9.84 Å². The van der Waals surface area contributed by atoms with Gasteiger partial charge in [0.05, 0.1) is 18.7 Å². The number of rotatable bonds is 8. The van der Waals surface area contributed by atoms with Crippen LogP contribution in [0, 0.1) is 0 Å². The Morgan fingerprint density at radius 2 is 2.00 bits per heavy atom. The highest BCUT2D eigenvalue weighted by Crippen LogP contribution is 2.12. The molecule has 0 radical (unpaired) electrons. The molecule has 0 aliphatic carbocycles. The van der Waals surface area contributed by atoms with Crippen molar-refractivity contribution in [3.63, 3.8) is 0 Å². The van der Waals surface area contributed by atoms with Gasteiger partial charge in [0.1, 0.15) is 5.75 Å². The van der Waals surface area contributed by atoms with Gasteiger partial charge in [-0.2, -0.15) is 0 Å². The topological polar surface area (TPSA) is 49.8 Å². The maximum Gasteiger partial charge on any atom is 0.335 e. The molecule has 0 unspecified atom stereocenters. The third-order valence-electron chi connectivity index (χ3n) is 2.50. The molecule has 0 saturated heterocycles. The van der Waals surface area contributed by atoms with Crippen LogP contribution in [0.5, 0.6) is 5.75 Å². The van der Waals surface area contributed by atoms with Crippen molar-refractivity contribution in [2.75, 3.05) is 26.7 Å². The number of benzene rings is 1. The van der Waals surface area contributed by atoms with Gasteiger partial charge in [0, 0.05) is 6.54 Å². The molecule has 19 heavy (non-hydrogen) atoms. The van der Waals surface area contributed by atoms with E-state index in [9.17, 15) is 13.6 Å². The van der Waals surface area contributed by atoms with Crippen LogP contribution in [0.4, 0.5) is 8.78 Å². The molecule has 1 rings (SSSR count). The molecular formula is C13H17F2NO3. The SMILES string of the molecule is CN(CCCOc1ccc(C(=O)O)cc1)CC(F)F. The summed E-state index contributed by atoms with van der Waals surface area (Å²) in [5.41, 5.74) is 0.198. The summed E-state index contributed by atoms with van der Waals surface area (Å²) in [5.74, 6) is -0.415. The van der Waals surface area contributed by atoms with Gasteiger partial charge in [0.2, 0.25) is 0 Å². The van der Waals surface area contributed by atoms with Crippen LogP contribution >= 0.6 is 0 Å². The summed E-state index contributed by atoms with van der Waals surface area (Å²) in [5, 5.41) is 8.72. The average Bonchev–Trinajstić information content (AvgIpc) is 2.34. The minimum atomic E-state index is -2.32. The van der Waals surface area contributed by atoms with Gasteiger partial charge < -0.3 is 14.7 Å². The second-order valence-electron chi connectivity index (χ2n) is 4.18. The third kappa shape index (κ3) is 6.15.